The van der Waals surface area contributed by atoms with E-state index in [1.807, 2.05) is 6.07 Å². The molecule has 1 unspecified atom stereocenters. The minimum atomic E-state index is -0.959. The number of carboxylic acids is 1. The van der Waals surface area contributed by atoms with Crippen molar-refractivity contribution in [3.8, 4) is 5.75 Å². The van der Waals surface area contributed by atoms with Crippen molar-refractivity contribution in [2.75, 3.05) is 0 Å². The summed E-state index contributed by atoms with van der Waals surface area (Å²) in [4.78, 5) is 10.4. The van der Waals surface area contributed by atoms with Gasteiger partial charge in [0.15, 0.2) is 6.10 Å². The van der Waals surface area contributed by atoms with Gasteiger partial charge in [-0.1, -0.05) is 18.2 Å². The summed E-state index contributed by atoms with van der Waals surface area (Å²) in [7, 11) is 0. The molecule has 0 bridgehead atoms. The van der Waals surface area contributed by atoms with Crippen LogP contribution in [0.1, 0.15) is 9.78 Å². The number of benzene rings is 1. The van der Waals surface area contributed by atoms with E-state index >= 15 is 0 Å². The normalized spacial score (nSPS) is 11.2. The van der Waals surface area contributed by atoms with Crippen molar-refractivity contribution in [1.29, 1.82) is 0 Å². The molecule has 0 aliphatic rings. The molecule has 1 aromatic carbocycles. The molecule has 0 fully saturated rings. The van der Waals surface area contributed by atoms with Gasteiger partial charge in [0.05, 0.1) is 0 Å². The van der Waals surface area contributed by atoms with Crippen LogP contribution in [0.3, 0.4) is 0 Å². The van der Waals surface area contributed by atoms with Gasteiger partial charge in [-0.15, -0.1) is 0 Å². The summed E-state index contributed by atoms with van der Waals surface area (Å²) in [6, 6.07) is 8.88. The molecule has 13 heavy (non-hydrogen) atoms. The monoisotopic (exact) mass is 192 g/mol. The van der Waals surface area contributed by atoms with E-state index in [2.05, 4.69) is 0 Å². The molecule has 0 amide bonds. The fourth-order valence-corrected chi connectivity index (χ4v) is 0.754. The Morgan fingerprint density at radius 3 is 2.46 bits per heavy atom. The predicted octanol–water partition coefficient (Wildman–Crippen LogP) is 1.38. The van der Waals surface area contributed by atoms with Gasteiger partial charge >= 0.3 is 29.0 Å². The van der Waals surface area contributed by atoms with Crippen LogP contribution in [0, 0.1) is 0 Å². The zero-order valence-corrected chi connectivity index (χ0v) is 8.85. The average molecular weight is 192 g/mol. The van der Waals surface area contributed by atoms with Crippen molar-refractivity contribution in [1.82, 2.24) is 0 Å². The number of aliphatic carboxylic acids is 1. The van der Waals surface area contributed by atoms with Gasteiger partial charge < -0.3 is 12.7 Å². The maximum absolute atomic E-state index is 10.4. The molecule has 4 heteroatoms. The minimum Gasteiger partial charge on any atom is -1.00 e. The molecule has 0 aromatic heterocycles. The van der Waals surface area contributed by atoms with Crippen LogP contribution in [0.15, 0.2) is 30.3 Å². The summed E-state index contributed by atoms with van der Waals surface area (Å²) < 4.78 is 5.08. The van der Waals surface area contributed by atoms with Gasteiger partial charge in [0.25, 0.3) is 0 Å². The average Bonchev–Trinajstić information content (AvgIpc) is 2.06. The van der Waals surface area contributed by atoms with Gasteiger partial charge in [0.2, 0.25) is 0 Å². The number of rotatable bonds is 3. The maximum atomic E-state index is 10.4. The first-order valence-electron chi connectivity index (χ1n) is 3.64. The van der Waals surface area contributed by atoms with Crippen LogP contribution in [0.2, 0.25) is 0 Å². The first kappa shape index (κ1) is 12.3. The number of carboxylic acid groups (broad SMARTS) is 1. The largest absolute Gasteiger partial charge is 2.00 e. The Hall–Kier alpha value is -0.744. The third kappa shape index (κ3) is 4.14. The van der Waals surface area contributed by atoms with Crippen LogP contribution in [-0.4, -0.2) is 40.2 Å². The van der Waals surface area contributed by atoms with E-state index in [1.165, 1.54) is 6.92 Å². The van der Waals surface area contributed by atoms with E-state index in [1.54, 1.807) is 24.3 Å². The molecule has 0 aliphatic heterocycles. The zero-order valence-electron chi connectivity index (χ0n) is 9.43. The second kappa shape index (κ2) is 5.83. The summed E-state index contributed by atoms with van der Waals surface area (Å²) >= 11 is 0. The number of para-hydroxylation sites is 1. The van der Waals surface area contributed by atoms with Crippen molar-refractivity contribution in [3.05, 3.63) is 30.3 Å². The van der Waals surface area contributed by atoms with Crippen LogP contribution in [0.4, 0.5) is 0 Å². The molecule has 1 rings (SSSR count). The van der Waals surface area contributed by atoms with E-state index in [-0.39, 0.29) is 25.9 Å². The standard InChI is InChI=1S/C9H10O3.Mg.2H/c1-7(9(10)11)12-8-5-3-2-4-6-8;;;/h2-7H,1H3,(H,10,11);;;/q;+2;2*-1. The Morgan fingerprint density at radius 2 is 2.00 bits per heavy atom. The molecule has 0 saturated carbocycles. The number of hydrogen-bond donors (Lipinski definition) is 1. The van der Waals surface area contributed by atoms with Gasteiger partial charge in [-0.05, 0) is 19.1 Å². The number of ether oxygens (including phenoxy) is 1. The predicted molar refractivity (Wildman–Crippen MR) is 52.1 cm³/mol. The van der Waals surface area contributed by atoms with Gasteiger partial charge in [-0.25, -0.2) is 4.79 Å². The van der Waals surface area contributed by atoms with E-state index in [0.29, 0.717) is 5.75 Å². The molecule has 0 radical (unpaired) electrons. The third-order valence-electron chi connectivity index (χ3n) is 1.40. The molecular weight excluding hydrogens is 180 g/mol. The molecule has 3 nitrogen and oxygen atoms in total. The van der Waals surface area contributed by atoms with Crippen molar-refractivity contribution >= 4 is 29.0 Å². The molecule has 0 spiro atoms. The summed E-state index contributed by atoms with van der Waals surface area (Å²) in [5.74, 6) is -0.383. The number of hydrogen-bond acceptors (Lipinski definition) is 2. The summed E-state index contributed by atoms with van der Waals surface area (Å²) in [5, 5.41) is 8.52. The van der Waals surface area contributed by atoms with Crippen LogP contribution >= 0.6 is 0 Å². The fraction of sp³-hybridized carbons (Fsp3) is 0.222. The van der Waals surface area contributed by atoms with E-state index < -0.39 is 12.1 Å². The van der Waals surface area contributed by atoms with E-state index in [0.717, 1.165) is 0 Å². The molecule has 0 heterocycles. The summed E-state index contributed by atoms with van der Waals surface area (Å²) in [5.41, 5.74) is 0. The smallest absolute Gasteiger partial charge is 1.00 e. The quantitative estimate of drug-likeness (QED) is 0.736. The second-order valence-corrected chi connectivity index (χ2v) is 2.41. The second-order valence-electron chi connectivity index (χ2n) is 2.41. The van der Waals surface area contributed by atoms with Gasteiger partial charge in [-0.2, -0.15) is 0 Å². The van der Waals surface area contributed by atoms with Crippen LogP contribution in [0.5, 0.6) is 5.75 Å². The SMILES string of the molecule is CC(Oc1ccccc1)C(=O)O.[H-].[H-].[Mg+2]. The Bertz CT molecular complexity index is 269. The summed E-state index contributed by atoms with van der Waals surface area (Å²) in [6.07, 6.45) is -0.799. The molecule has 68 valence electrons. The zero-order chi connectivity index (χ0) is 8.97. The van der Waals surface area contributed by atoms with Crippen LogP contribution in [0.25, 0.3) is 0 Å². The molecule has 1 atom stereocenters. The topological polar surface area (TPSA) is 46.5 Å². The van der Waals surface area contributed by atoms with Crippen molar-refractivity contribution in [3.63, 3.8) is 0 Å². The van der Waals surface area contributed by atoms with E-state index in [4.69, 9.17) is 9.84 Å². The molecular formula is C9H12MgO3. The van der Waals surface area contributed by atoms with E-state index in [9.17, 15) is 4.79 Å². The fourth-order valence-electron chi connectivity index (χ4n) is 0.754. The van der Waals surface area contributed by atoms with Gasteiger partial charge in [0.1, 0.15) is 5.75 Å². The van der Waals surface area contributed by atoms with Gasteiger partial charge in [0, 0.05) is 0 Å². The molecule has 0 aliphatic carbocycles. The Kier molecular flexibility index (Phi) is 5.49. The Labute approximate surface area is 95.8 Å². The van der Waals surface area contributed by atoms with Gasteiger partial charge in [-0.3, -0.25) is 0 Å². The minimum absolute atomic E-state index is 0. The van der Waals surface area contributed by atoms with Crippen LogP contribution < -0.4 is 4.74 Å². The Morgan fingerprint density at radius 1 is 1.46 bits per heavy atom. The molecule has 1 aromatic rings. The maximum Gasteiger partial charge on any atom is 2.00 e. The molecule has 1 N–H and O–H groups in total. The van der Waals surface area contributed by atoms with Crippen molar-refractivity contribution in [2.24, 2.45) is 0 Å². The first-order chi connectivity index (χ1) is 5.70. The Balaban J connectivity index is -0.000000480. The molecule has 0 saturated heterocycles. The summed E-state index contributed by atoms with van der Waals surface area (Å²) in [6.45, 7) is 1.50. The van der Waals surface area contributed by atoms with Crippen molar-refractivity contribution < 1.29 is 17.5 Å². The van der Waals surface area contributed by atoms with Crippen molar-refractivity contribution in [2.45, 2.75) is 13.0 Å². The van der Waals surface area contributed by atoms with Crippen LogP contribution in [-0.2, 0) is 4.79 Å². The number of carbonyl (C=O) groups is 1. The first-order valence-corrected chi connectivity index (χ1v) is 3.64. The third-order valence-corrected chi connectivity index (χ3v) is 1.40.